The zero-order valence-electron chi connectivity index (χ0n) is 5.90. The minimum atomic E-state index is -1.17. The molecule has 0 aromatic heterocycles. The Morgan fingerprint density at radius 2 is 1.91 bits per heavy atom. The lowest BCUT2D eigenvalue weighted by Crippen LogP contribution is -2.21. The highest BCUT2D eigenvalue weighted by Gasteiger charge is 2.23. The lowest BCUT2D eigenvalue weighted by molar-refractivity contribution is -0.142. The van der Waals surface area contributed by atoms with Crippen molar-refractivity contribution < 1.29 is 19.5 Å². The molecule has 11 heavy (non-hydrogen) atoms. The fraction of sp³-hybridized carbons (Fsp3) is 0.500. The quantitative estimate of drug-likeness (QED) is 0.471. The van der Waals surface area contributed by atoms with E-state index < -0.39 is 29.2 Å². The van der Waals surface area contributed by atoms with Crippen LogP contribution >= 0.6 is 12.6 Å². The summed E-state index contributed by atoms with van der Waals surface area (Å²) >= 11 is 3.38. The number of ketones is 1. The van der Waals surface area contributed by atoms with Crippen LogP contribution in [0.1, 0.15) is 13.3 Å². The Balaban J connectivity index is 4.23. The molecule has 0 aliphatic carbocycles. The Morgan fingerprint density at radius 3 is 2.00 bits per heavy atom. The zero-order chi connectivity index (χ0) is 9.02. The number of carbonyl (C=O) groups is 3. The fourth-order valence-corrected chi connectivity index (χ4v) is 0.853. The van der Waals surface area contributed by atoms with Crippen molar-refractivity contribution in [2.45, 2.75) is 13.3 Å². The highest BCUT2D eigenvalue weighted by molar-refractivity contribution is 7.96. The molecular weight excluding hydrogens is 168 g/mol. The van der Waals surface area contributed by atoms with Crippen LogP contribution in [0.3, 0.4) is 0 Å². The molecule has 0 saturated carbocycles. The van der Waals surface area contributed by atoms with Crippen molar-refractivity contribution >= 4 is 29.5 Å². The number of hydrogen-bond donors (Lipinski definition) is 2. The molecule has 5 heteroatoms. The molecule has 0 aliphatic rings. The van der Waals surface area contributed by atoms with E-state index in [0.29, 0.717) is 0 Å². The number of carboxylic acids is 1. The molecule has 0 bridgehead atoms. The monoisotopic (exact) mass is 176 g/mol. The van der Waals surface area contributed by atoms with Gasteiger partial charge in [-0.25, -0.2) is 0 Å². The molecule has 0 fully saturated rings. The first-order chi connectivity index (χ1) is 4.95. The van der Waals surface area contributed by atoms with Crippen molar-refractivity contribution in [3.8, 4) is 0 Å². The second-order valence-corrected chi connectivity index (χ2v) is 2.54. The van der Waals surface area contributed by atoms with E-state index in [1.54, 1.807) is 0 Å². The zero-order valence-corrected chi connectivity index (χ0v) is 6.80. The van der Waals surface area contributed by atoms with Crippen molar-refractivity contribution in [1.82, 2.24) is 0 Å². The lowest BCUT2D eigenvalue weighted by Gasteiger charge is -2.04. The van der Waals surface area contributed by atoms with Crippen LogP contribution in [0, 0.1) is 5.92 Å². The summed E-state index contributed by atoms with van der Waals surface area (Å²) in [7, 11) is 0. The van der Waals surface area contributed by atoms with Gasteiger partial charge in [0.15, 0.2) is 5.12 Å². The molecule has 0 spiro atoms. The van der Waals surface area contributed by atoms with Gasteiger partial charge in [-0.05, 0) is 6.92 Å². The summed E-state index contributed by atoms with van der Waals surface area (Å²) < 4.78 is 0. The van der Waals surface area contributed by atoms with E-state index >= 15 is 0 Å². The highest BCUT2D eigenvalue weighted by atomic mass is 32.1. The van der Waals surface area contributed by atoms with Crippen LogP contribution in [0.5, 0.6) is 0 Å². The maximum absolute atomic E-state index is 10.6. The van der Waals surface area contributed by atoms with E-state index in [1.807, 2.05) is 0 Å². The molecule has 0 rings (SSSR count). The topological polar surface area (TPSA) is 71.4 Å². The number of rotatable bonds is 4. The fourth-order valence-electron chi connectivity index (χ4n) is 0.580. The van der Waals surface area contributed by atoms with Gasteiger partial charge in [0.05, 0.1) is 12.3 Å². The smallest absolute Gasteiger partial charge is 0.304 e. The Kier molecular flexibility index (Phi) is 3.81. The summed E-state index contributed by atoms with van der Waals surface area (Å²) in [6.45, 7) is 1.17. The van der Waals surface area contributed by atoms with E-state index in [1.165, 1.54) is 6.92 Å². The van der Waals surface area contributed by atoms with Crippen LogP contribution in [0.15, 0.2) is 0 Å². The molecule has 1 unspecified atom stereocenters. The summed E-state index contributed by atoms with van der Waals surface area (Å²) in [6, 6.07) is 0. The van der Waals surface area contributed by atoms with E-state index in [0.717, 1.165) is 0 Å². The minimum Gasteiger partial charge on any atom is -0.481 e. The second-order valence-electron chi connectivity index (χ2n) is 2.10. The molecule has 0 radical (unpaired) electrons. The average molecular weight is 176 g/mol. The van der Waals surface area contributed by atoms with Crippen molar-refractivity contribution in [1.29, 1.82) is 0 Å². The Hall–Kier alpha value is -0.840. The molecule has 0 heterocycles. The van der Waals surface area contributed by atoms with Gasteiger partial charge in [0.25, 0.3) is 0 Å². The average Bonchev–Trinajstić information content (AvgIpc) is 1.81. The predicted octanol–water partition coefficient (Wildman–Crippen LogP) is 0.123. The predicted molar refractivity (Wildman–Crippen MR) is 40.4 cm³/mol. The lowest BCUT2D eigenvalue weighted by atomic mass is 10.0. The first kappa shape index (κ1) is 10.2. The van der Waals surface area contributed by atoms with Gasteiger partial charge in [0.1, 0.15) is 5.78 Å². The number of Topliss-reactive ketones (excluding diaryl/α,β-unsaturated/α-hetero) is 1. The molecule has 0 aromatic rings. The summed E-state index contributed by atoms with van der Waals surface area (Å²) in [6.07, 6.45) is -0.475. The van der Waals surface area contributed by atoms with Crippen LogP contribution in [0.2, 0.25) is 0 Å². The molecule has 4 nitrogen and oxygen atoms in total. The summed E-state index contributed by atoms with van der Waals surface area (Å²) in [5, 5.41) is 7.55. The number of aliphatic carboxylic acids is 1. The summed E-state index contributed by atoms with van der Waals surface area (Å²) in [4.78, 5) is 31.2. The molecule has 1 N–H and O–H groups in total. The van der Waals surface area contributed by atoms with Crippen LogP contribution in [0.4, 0.5) is 0 Å². The van der Waals surface area contributed by atoms with Crippen molar-refractivity contribution in [2.75, 3.05) is 0 Å². The van der Waals surface area contributed by atoms with E-state index in [9.17, 15) is 14.4 Å². The normalized spacial score (nSPS) is 12.2. The third-order valence-corrected chi connectivity index (χ3v) is 1.48. The Morgan fingerprint density at radius 1 is 1.45 bits per heavy atom. The third kappa shape index (κ3) is 3.77. The summed E-state index contributed by atoms with van der Waals surface area (Å²) in [5.74, 6) is -2.74. The SMILES string of the molecule is CC(=O)C(CC(=O)O)C(=O)S. The number of carbonyl (C=O) groups excluding carboxylic acids is 2. The molecule has 0 amide bonds. The van der Waals surface area contributed by atoms with Gasteiger partial charge in [-0.15, -0.1) is 12.6 Å². The maximum atomic E-state index is 10.6. The van der Waals surface area contributed by atoms with Gasteiger partial charge < -0.3 is 5.11 Å². The van der Waals surface area contributed by atoms with Gasteiger partial charge in [0, 0.05) is 0 Å². The molecule has 0 aromatic carbocycles. The Labute approximate surface area is 69.0 Å². The van der Waals surface area contributed by atoms with Gasteiger partial charge in [-0.3, -0.25) is 14.4 Å². The Bertz CT molecular complexity index is 185. The van der Waals surface area contributed by atoms with Crippen LogP contribution in [0.25, 0.3) is 0 Å². The van der Waals surface area contributed by atoms with Crippen molar-refractivity contribution in [2.24, 2.45) is 5.92 Å². The largest absolute Gasteiger partial charge is 0.481 e. The second kappa shape index (κ2) is 4.12. The van der Waals surface area contributed by atoms with Gasteiger partial charge in [0.2, 0.25) is 0 Å². The highest BCUT2D eigenvalue weighted by Crippen LogP contribution is 2.08. The van der Waals surface area contributed by atoms with Crippen LogP contribution in [-0.4, -0.2) is 22.0 Å². The molecule has 0 saturated heterocycles. The third-order valence-electron chi connectivity index (χ3n) is 1.17. The first-order valence-corrected chi connectivity index (χ1v) is 3.35. The molecule has 62 valence electrons. The van der Waals surface area contributed by atoms with Crippen molar-refractivity contribution in [3.63, 3.8) is 0 Å². The minimum absolute atomic E-state index is 0.465. The number of carboxylic acid groups (broad SMARTS) is 1. The first-order valence-electron chi connectivity index (χ1n) is 2.90. The molecular formula is C6H8O4S. The van der Waals surface area contributed by atoms with Crippen LogP contribution in [-0.2, 0) is 14.4 Å². The van der Waals surface area contributed by atoms with Crippen LogP contribution < -0.4 is 0 Å². The van der Waals surface area contributed by atoms with E-state index in [-0.39, 0.29) is 0 Å². The van der Waals surface area contributed by atoms with Crippen molar-refractivity contribution in [3.05, 3.63) is 0 Å². The van der Waals surface area contributed by atoms with Gasteiger partial charge in [-0.1, -0.05) is 0 Å². The maximum Gasteiger partial charge on any atom is 0.304 e. The standard InChI is InChI=1S/C6H8O4S/c1-3(7)4(6(10)11)2-5(8)9/h4H,2H2,1H3,(H,8,9)(H,10,11). The van der Waals surface area contributed by atoms with Gasteiger partial charge in [-0.2, -0.15) is 0 Å². The van der Waals surface area contributed by atoms with Gasteiger partial charge >= 0.3 is 5.97 Å². The molecule has 0 aliphatic heterocycles. The van der Waals surface area contributed by atoms with E-state index in [4.69, 9.17) is 5.11 Å². The molecule has 1 atom stereocenters. The number of thiol groups is 1. The summed E-state index contributed by atoms with van der Waals surface area (Å²) in [5.41, 5.74) is 0. The van der Waals surface area contributed by atoms with E-state index in [2.05, 4.69) is 12.6 Å². The number of hydrogen-bond acceptors (Lipinski definition) is 3.